The Morgan fingerprint density at radius 3 is 2.91 bits per heavy atom. The SMILES string of the molecule is CC(C)(C)OC(=O)N1C=C(/C=C/C(=O)Nc2nccs2)OCC1. The zero-order chi connectivity index (χ0) is 16.9. The zero-order valence-corrected chi connectivity index (χ0v) is 14.1. The summed E-state index contributed by atoms with van der Waals surface area (Å²) in [7, 11) is 0. The fourth-order valence-corrected chi connectivity index (χ4v) is 2.19. The summed E-state index contributed by atoms with van der Waals surface area (Å²) in [6.07, 6.45) is 5.50. The third-order valence-electron chi connectivity index (χ3n) is 2.57. The van der Waals surface area contributed by atoms with Gasteiger partial charge < -0.3 is 9.47 Å². The van der Waals surface area contributed by atoms with Crippen molar-refractivity contribution in [2.75, 3.05) is 18.5 Å². The molecule has 1 aliphatic rings. The van der Waals surface area contributed by atoms with Crippen molar-refractivity contribution in [3.8, 4) is 0 Å². The van der Waals surface area contributed by atoms with E-state index in [1.54, 1.807) is 32.3 Å². The van der Waals surface area contributed by atoms with Crippen LogP contribution in [-0.2, 0) is 14.3 Å². The van der Waals surface area contributed by atoms with Gasteiger partial charge in [-0.3, -0.25) is 15.0 Å². The molecule has 2 amide bonds. The first kappa shape index (κ1) is 17.0. The molecule has 0 bridgehead atoms. The number of anilines is 1. The van der Waals surface area contributed by atoms with E-state index in [1.165, 1.54) is 34.6 Å². The quantitative estimate of drug-likeness (QED) is 0.858. The first-order valence-electron chi connectivity index (χ1n) is 7.06. The first-order chi connectivity index (χ1) is 10.8. The van der Waals surface area contributed by atoms with E-state index in [-0.39, 0.29) is 5.91 Å². The molecule has 2 rings (SSSR count). The van der Waals surface area contributed by atoms with E-state index < -0.39 is 11.7 Å². The van der Waals surface area contributed by atoms with Gasteiger partial charge in [0.1, 0.15) is 18.0 Å². The Hall–Kier alpha value is -2.35. The average molecular weight is 337 g/mol. The van der Waals surface area contributed by atoms with Crippen LogP contribution in [0.1, 0.15) is 20.8 Å². The molecule has 1 aliphatic heterocycles. The van der Waals surface area contributed by atoms with Gasteiger partial charge in [-0.25, -0.2) is 9.78 Å². The summed E-state index contributed by atoms with van der Waals surface area (Å²) in [5.41, 5.74) is -0.563. The molecule has 1 aromatic rings. The van der Waals surface area contributed by atoms with Gasteiger partial charge in [-0.15, -0.1) is 11.3 Å². The van der Waals surface area contributed by atoms with Gasteiger partial charge in [-0.2, -0.15) is 0 Å². The highest BCUT2D eigenvalue weighted by Crippen LogP contribution is 2.15. The van der Waals surface area contributed by atoms with E-state index in [9.17, 15) is 9.59 Å². The number of nitrogens with one attached hydrogen (secondary N) is 1. The molecule has 0 unspecified atom stereocenters. The van der Waals surface area contributed by atoms with E-state index in [4.69, 9.17) is 9.47 Å². The highest BCUT2D eigenvalue weighted by atomic mass is 32.1. The Balaban J connectivity index is 1.94. The highest BCUT2D eigenvalue weighted by Gasteiger charge is 2.23. The molecule has 0 fully saturated rings. The van der Waals surface area contributed by atoms with Crippen LogP contribution in [-0.4, -0.2) is 40.6 Å². The van der Waals surface area contributed by atoms with Gasteiger partial charge in [-0.05, 0) is 26.8 Å². The second kappa shape index (κ2) is 7.28. The number of aromatic nitrogens is 1. The molecule has 23 heavy (non-hydrogen) atoms. The third kappa shape index (κ3) is 5.74. The second-order valence-electron chi connectivity index (χ2n) is 5.71. The molecular weight excluding hydrogens is 318 g/mol. The van der Waals surface area contributed by atoms with Crippen LogP contribution < -0.4 is 5.32 Å². The van der Waals surface area contributed by atoms with E-state index in [2.05, 4.69) is 10.3 Å². The molecule has 7 nitrogen and oxygen atoms in total. The van der Waals surface area contributed by atoms with Crippen molar-refractivity contribution in [3.63, 3.8) is 0 Å². The van der Waals surface area contributed by atoms with Crippen LogP contribution >= 0.6 is 11.3 Å². The maximum atomic E-state index is 12.0. The number of ether oxygens (including phenoxy) is 2. The van der Waals surface area contributed by atoms with Crippen molar-refractivity contribution in [1.29, 1.82) is 0 Å². The van der Waals surface area contributed by atoms with Crippen molar-refractivity contribution in [3.05, 3.63) is 35.7 Å². The van der Waals surface area contributed by atoms with Gasteiger partial charge in [-0.1, -0.05) is 0 Å². The predicted octanol–water partition coefficient (Wildman–Crippen LogP) is 2.75. The lowest BCUT2D eigenvalue weighted by Gasteiger charge is -2.28. The molecule has 0 saturated carbocycles. The monoisotopic (exact) mass is 337 g/mol. The normalized spacial score (nSPS) is 15.1. The zero-order valence-electron chi connectivity index (χ0n) is 13.2. The molecule has 0 saturated heterocycles. The van der Waals surface area contributed by atoms with Crippen LogP contribution in [0, 0.1) is 0 Å². The first-order valence-corrected chi connectivity index (χ1v) is 7.94. The lowest BCUT2D eigenvalue weighted by Crippen LogP contribution is -2.37. The smallest absolute Gasteiger partial charge is 0.414 e. The van der Waals surface area contributed by atoms with Crippen LogP contribution in [0.3, 0.4) is 0 Å². The van der Waals surface area contributed by atoms with Crippen LogP contribution in [0.15, 0.2) is 35.7 Å². The Bertz CT molecular complexity index is 617. The van der Waals surface area contributed by atoms with E-state index in [0.717, 1.165) is 0 Å². The number of hydrogen-bond acceptors (Lipinski definition) is 6. The number of amides is 2. The van der Waals surface area contributed by atoms with Gasteiger partial charge in [0.15, 0.2) is 5.13 Å². The topological polar surface area (TPSA) is 80.8 Å². The summed E-state index contributed by atoms with van der Waals surface area (Å²) in [5, 5.41) is 4.91. The average Bonchev–Trinajstić information content (AvgIpc) is 2.96. The summed E-state index contributed by atoms with van der Waals surface area (Å²) in [5.74, 6) is 0.0928. The van der Waals surface area contributed by atoms with E-state index in [0.29, 0.717) is 24.0 Å². The minimum Gasteiger partial charge on any atom is -0.490 e. The van der Waals surface area contributed by atoms with Crippen LogP contribution in [0.5, 0.6) is 0 Å². The predicted molar refractivity (Wildman–Crippen MR) is 86.9 cm³/mol. The molecule has 0 aromatic carbocycles. The molecule has 0 spiro atoms. The summed E-state index contributed by atoms with van der Waals surface area (Å²) < 4.78 is 10.7. The molecule has 2 heterocycles. The third-order valence-corrected chi connectivity index (χ3v) is 3.26. The number of carbonyl (C=O) groups is 2. The van der Waals surface area contributed by atoms with Gasteiger partial charge in [0.2, 0.25) is 5.91 Å². The molecule has 1 aromatic heterocycles. The van der Waals surface area contributed by atoms with Crippen molar-refractivity contribution in [2.45, 2.75) is 26.4 Å². The van der Waals surface area contributed by atoms with Gasteiger partial charge >= 0.3 is 6.09 Å². The number of thiazole rings is 1. The summed E-state index contributed by atoms with van der Waals surface area (Å²) in [4.78, 5) is 29.1. The fourth-order valence-electron chi connectivity index (χ4n) is 1.66. The van der Waals surface area contributed by atoms with Gasteiger partial charge in [0.05, 0.1) is 12.7 Å². The molecular formula is C15H19N3O4S. The van der Waals surface area contributed by atoms with Crippen molar-refractivity contribution in [2.24, 2.45) is 0 Å². The number of nitrogens with zero attached hydrogens (tertiary/aromatic N) is 2. The largest absolute Gasteiger partial charge is 0.490 e. The molecule has 124 valence electrons. The molecule has 0 aliphatic carbocycles. The summed E-state index contributed by atoms with van der Waals surface area (Å²) in [6, 6.07) is 0. The fraction of sp³-hybridized carbons (Fsp3) is 0.400. The van der Waals surface area contributed by atoms with Crippen molar-refractivity contribution >= 4 is 28.5 Å². The minimum absolute atomic E-state index is 0.321. The molecule has 1 N–H and O–H groups in total. The van der Waals surface area contributed by atoms with Crippen LogP contribution in [0.2, 0.25) is 0 Å². The molecule has 0 atom stereocenters. The Labute approximate surface area is 138 Å². The van der Waals surface area contributed by atoms with Crippen LogP contribution in [0.4, 0.5) is 9.93 Å². The molecule has 8 heteroatoms. The highest BCUT2D eigenvalue weighted by molar-refractivity contribution is 7.13. The maximum Gasteiger partial charge on any atom is 0.414 e. The number of rotatable bonds is 3. The molecule has 0 radical (unpaired) electrons. The van der Waals surface area contributed by atoms with Crippen molar-refractivity contribution in [1.82, 2.24) is 9.88 Å². The van der Waals surface area contributed by atoms with Gasteiger partial charge in [0, 0.05) is 17.7 Å². The lowest BCUT2D eigenvalue weighted by molar-refractivity contribution is -0.111. The number of hydrogen-bond donors (Lipinski definition) is 1. The van der Waals surface area contributed by atoms with Crippen LogP contribution in [0.25, 0.3) is 0 Å². The minimum atomic E-state index is -0.563. The lowest BCUT2D eigenvalue weighted by atomic mass is 10.2. The summed E-state index contributed by atoms with van der Waals surface area (Å²) >= 11 is 1.33. The van der Waals surface area contributed by atoms with E-state index in [1.807, 2.05) is 0 Å². The maximum absolute atomic E-state index is 12.0. The second-order valence-corrected chi connectivity index (χ2v) is 6.61. The Kier molecular flexibility index (Phi) is 5.38. The van der Waals surface area contributed by atoms with Crippen molar-refractivity contribution < 1.29 is 19.1 Å². The van der Waals surface area contributed by atoms with Gasteiger partial charge in [0.25, 0.3) is 0 Å². The number of allylic oxidation sites excluding steroid dienone is 1. The summed E-state index contributed by atoms with van der Waals surface area (Å²) in [6.45, 7) is 6.15. The Morgan fingerprint density at radius 2 is 2.26 bits per heavy atom. The number of carbonyl (C=O) groups excluding carboxylic acids is 2. The Morgan fingerprint density at radius 1 is 1.48 bits per heavy atom. The standard InChI is InChI=1S/C15H19N3O4S/c1-15(2,3)22-14(20)18-7-8-21-11(10-18)4-5-12(19)17-13-16-6-9-23-13/h4-6,9-10H,7-8H2,1-3H3,(H,16,17,19)/b5-4+. The van der Waals surface area contributed by atoms with E-state index >= 15 is 0 Å².